The molecule has 0 aliphatic carbocycles. The van der Waals surface area contributed by atoms with Crippen molar-refractivity contribution in [2.75, 3.05) is 5.32 Å². The van der Waals surface area contributed by atoms with Crippen molar-refractivity contribution in [3.05, 3.63) is 72.0 Å². The number of nitrogens with zero attached hydrogens (tertiary/aromatic N) is 5. The van der Waals surface area contributed by atoms with Crippen molar-refractivity contribution in [1.82, 2.24) is 24.7 Å². The first-order valence-electron chi connectivity index (χ1n) is 10.5. The average molecular weight is 493 g/mol. The highest BCUT2D eigenvalue weighted by Gasteiger charge is 2.17. The van der Waals surface area contributed by atoms with Gasteiger partial charge < -0.3 is 4.74 Å². The van der Waals surface area contributed by atoms with Crippen LogP contribution in [0.3, 0.4) is 0 Å². The van der Waals surface area contributed by atoms with E-state index < -0.39 is 6.61 Å². The van der Waals surface area contributed by atoms with Gasteiger partial charge in [0.2, 0.25) is 11.9 Å². The van der Waals surface area contributed by atoms with Crippen molar-refractivity contribution < 1.29 is 18.3 Å². The maximum absolute atomic E-state index is 12.8. The van der Waals surface area contributed by atoms with Crippen molar-refractivity contribution in [2.24, 2.45) is 0 Å². The van der Waals surface area contributed by atoms with Crippen LogP contribution < -0.4 is 10.1 Å². The van der Waals surface area contributed by atoms with Gasteiger partial charge in [0, 0.05) is 28.4 Å². The molecular weight excluding hydrogens is 474 g/mol. The lowest BCUT2D eigenvalue weighted by molar-refractivity contribution is -0.116. The third kappa shape index (κ3) is 4.85. The molecule has 0 saturated heterocycles. The van der Waals surface area contributed by atoms with Gasteiger partial charge in [0.25, 0.3) is 0 Å². The highest BCUT2D eigenvalue weighted by Crippen LogP contribution is 2.32. The Morgan fingerprint density at radius 1 is 1.11 bits per heavy atom. The molecule has 11 heteroatoms. The molecule has 5 rings (SSSR count). The Bertz CT molecular complexity index is 1490. The molecule has 1 aromatic carbocycles. The Labute approximate surface area is 202 Å². The molecule has 0 aliphatic rings. The Kier molecular flexibility index (Phi) is 6.15. The van der Waals surface area contributed by atoms with E-state index in [1.165, 1.54) is 18.3 Å². The van der Waals surface area contributed by atoms with Crippen LogP contribution in [0.4, 0.5) is 14.7 Å². The van der Waals surface area contributed by atoms with Gasteiger partial charge in [-0.15, -0.1) is 11.3 Å². The minimum Gasteiger partial charge on any atom is -0.435 e. The number of carbonyl (C=O) groups is 1. The molecule has 176 valence electrons. The van der Waals surface area contributed by atoms with Gasteiger partial charge in [0.05, 0.1) is 16.8 Å². The van der Waals surface area contributed by atoms with Crippen LogP contribution in [0.5, 0.6) is 5.75 Å². The fourth-order valence-electron chi connectivity index (χ4n) is 3.72. The maximum atomic E-state index is 12.8. The number of pyridine rings is 1. The Balaban J connectivity index is 1.34. The predicted octanol–water partition coefficient (Wildman–Crippen LogP) is 5.17. The lowest BCUT2D eigenvalue weighted by atomic mass is 10.1. The fraction of sp³-hybridized carbons (Fsp3) is 0.125. The van der Waals surface area contributed by atoms with E-state index in [1.54, 1.807) is 40.4 Å². The van der Waals surface area contributed by atoms with Crippen LogP contribution >= 0.6 is 11.3 Å². The molecule has 0 fully saturated rings. The van der Waals surface area contributed by atoms with Gasteiger partial charge in [-0.1, -0.05) is 6.07 Å². The monoisotopic (exact) mass is 492 g/mol. The van der Waals surface area contributed by atoms with Gasteiger partial charge in [-0.2, -0.15) is 13.9 Å². The summed E-state index contributed by atoms with van der Waals surface area (Å²) >= 11 is 1.63. The van der Waals surface area contributed by atoms with Gasteiger partial charge in [-0.05, 0) is 54.8 Å². The first-order valence-corrected chi connectivity index (χ1v) is 11.4. The number of benzene rings is 1. The number of fused-ring (bicyclic) bond motifs is 1. The number of carbonyl (C=O) groups excluding carboxylic acids is 1. The minimum atomic E-state index is -2.89. The first kappa shape index (κ1) is 22.5. The van der Waals surface area contributed by atoms with E-state index in [9.17, 15) is 13.6 Å². The summed E-state index contributed by atoms with van der Waals surface area (Å²) in [7, 11) is 0. The molecule has 0 aliphatic heterocycles. The number of aryl methyl sites for hydroxylation is 1. The van der Waals surface area contributed by atoms with E-state index in [-0.39, 0.29) is 24.1 Å². The number of halogens is 2. The van der Waals surface area contributed by atoms with Crippen molar-refractivity contribution in [2.45, 2.75) is 20.1 Å². The molecule has 0 unspecified atom stereocenters. The molecule has 0 bridgehead atoms. The number of amides is 1. The summed E-state index contributed by atoms with van der Waals surface area (Å²) in [6.45, 7) is -1.08. The zero-order valence-corrected chi connectivity index (χ0v) is 19.2. The molecular formula is C24H18F2N6O2S. The predicted molar refractivity (Wildman–Crippen MR) is 128 cm³/mol. The van der Waals surface area contributed by atoms with Crippen molar-refractivity contribution in [3.8, 4) is 27.4 Å². The van der Waals surface area contributed by atoms with Crippen LogP contribution in [-0.2, 0) is 11.3 Å². The molecule has 1 N–H and O–H groups in total. The average Bonchev–Trinajstić information content (AvgIpc) is 3.48. The van der Waals surface area contributed by atoms with E-state index in [2.05, 4.69) is 30.1 Å². The first-order chi connectivity index (χ1) is 17.0. The van der Waals surface area contributed by atoms with E-state index in [1.807, 2.05) is 30.5 Å². The third-order valence-corrected chi connectivity index (χ3v) is 6.07. The molecule has 1 amide bonds. The molecule has 8 nitrogen and oxygen atoms in total. The molecule has 5 aromatic rings. The molecule has 0 atom stereocenters. The van der Waals surface area contributed by atoms with E-state index in [0.29, 0.717) is 16.9 Å². The van der Waals surface area contributed by atoms with Gasteiger partial charge in [-0.3, -0.25) is 10.1 Å². The van der Waals surface area contributed by atoms with Crippen LogP contribution in [0.1, 0.15) is 5.69 Å². The topological polar surface area (TPSA) is 94.8 Å². The number of anilines is 1. The highest BCUT2D eigenvalue weighted by atomic mass is 32.1. The lowest BCUT2D eigenvalue weighted by Crippen LogP contribution is -2.21. The Morgan fingerprint density at radius 2 is 1.91 bits per heavy atom. The van der Waals surface area contributed by atoms with Crippen LogP contribution in [-0.4, -0.2) is 37.3 Å². The van der Waals surface area contributed by atoms with E-state index >= 15 is 0 Å². The van der Waals surface area contributed by atoms with E-state index in [4.69, 9.17) is 0 Å². The Morgan fingerprint density at radius 3 is 2.66 bits per heavy atom. The molecule has 0 radical (unpaired) electrons. The Hall–Kier alpha value is -4.25. The van der Waals surface area contributed by atoms with Crippen LogP contribution in [0.15, 0.2) is 66.3 Å². The molecule has 4 heterocycles. The molecule has 4 aromatic heterocycles. The fourth-order valence-corrected chi connectivity index (χ4v) is 4.47. The number of hydrogen-bond acceptors (Lipinski definition) is 7. The normalized spacial score (nSPS) is 11.2. The quantitative estimate of drug-likeness (QED) is 0.337. The summed E-state index contributed by atoms with van der Waals surface area (Å²) in [5.41, 5.74) is 3.59. The number of nitrogens with one attached hydrogen (secondary N) is 1. The summed E-state index contributed by atoms with van der Waals surface area (Å²) in [5, 5.41) is 10.1. The molecule has 0 saturated carbocycles. The smallest absolute Gasteiger partial charge is 0.387 e. The second-order valence-corrected chi connectivity index (χ2v) is 8.44. The summed E-state index contributed by atoms with van der Waals surface area (Å²) in [5.74, 6) is -0.208. The van der Waals surface area contributed by atoms with Gasteiger partial charge in [-0.25, -0.2) is 19.6 Å². The maximum Gasteiger partial charge on any atom is 0.387 e. The van der Waals surface area contributed by atoms with Crippen molar-refractivity contribution in [3.63, 3.8) is 0 Å². The second-order valence-electron chi connectivity index (χ2n) is 7.49. The third-order valence-electron chi connectivity index (χ3n) is 5.17. The van der Waals surface area contributed by atoms with E-state index in [0.717, 1.165) is 21.5 Å². The van der Waals surface area contributed by atoms with Crippen molar-refractivity contribution >= 4 is 34.2 Å². The number of alkyl halides is 2. The molecule has 35 heavy (non-hydrogen) atoms. The number of hydrogen-bond donors (Lipinski definition) is 1. The van der Waals surface area contributed by atoms with Crippen LogP contribution in [0.25, 0.3) is 32.7 Å². The second kappa shape index (κ2) is 9.55. The van der Waals surface area contributed by atoms with Crippen molar-refractivity contribution in [1.29, 1.82) is 0 Å². The highest BCUT2D eigenvalue weighted by molar-refractivity contribution is 7.13. The summed E-state index contributed by atoms with van der Waals surface area (Å²) in [6, 6.07) is 13.7. The van der Waals surface area contributed by atoms with Crippen LogP contribution in [0, 0.1) is 6.92 Å². The zero-order valence-electron chi connectivity index (χ0n) is 18.4. The van der Waals surface area contributed by atoms with Gasteiger partial charge >= 0.3 is 6.61 Å². The summed E-state index contributed by atoms with van der Waals surface area (Å²) in [4.78, 5) is 26.8. The number of thiophene rings is 1. The SMILES string of the molecule is Cc1nn(CC(=O)Nc2nccc(-c3ccc(OC(F)F)cc3)n2)c2nccc(-c3cccs3)c12. The number of ether oxygens (including phenoxy) is 1. The number of aromatic nitrogens is 5. The summed E-state index contributed by atoms with van der Waals surface area (Å²) in [6.07, 6.45) is 3.21. The largest absolute Gasteiger partial charge is 0.435 e. The molecule has 0 spiro atoms. The summed E-state index contributed by atoms with van der Waals surface area (Å²) < 4.78 is 30.6. The van der Waals surface area contributed by atoms with Crippen LogP contribution in [0.2, 0.25) is 0 Å². The number of rotatable bonds is 7. The standard InChI is InChI=1S/C24H18F2N6O2S/c1-14-21-17(19-3-2-12-35-19)8-10-27-22(21)32(31-14)13-20(33)30-24-28-11-9-18(29-24)15-4-6-16(7-5-15)34-23(25)26/h2-12,23H,13H2,1H3,(H,28,29,30,33). The minimum absolute atomic E-state index is 0.0453. The lowest BCUT2D eigenvalue weighted by Gasteiger charge is -2.08. The zero-order chi connectivity index (χ0) is 24.4. The van der Waals surface area contributed by atoms with Gasteiger partial charge in [0.15, 0.2) is 5.65 Å². The van der Waals surface area contributed by atoms with Gasteiger partial charge in [0.1, 0.15) is 12.3 Å².